The Balaban J connectivity index is 1.50. The smallest absolute Gasteiger partial charge is 0.326 e. The lowest BCUT2D eigenvalue weighted by atomic mass is 10.0. The number of carbonyl (C=O) groups excluding carboxylic acids is 3. The van der Waals surface area contributed by atoms with Gasteiger partial charge in [-0.1, -0.05) is 60.7 Å². The highest BCUT2D eigenvalue weighted by Crippen LogP contribution is 2.19. The number of rotatable bonds is 17. The second-order valence-electron chi connectivity index (χ2n) is 11.5. The number of H-pyrrole nitrogens is 1. The van der Waals surface area contributed by atoms with Crippen LogP contribution in [0.2, 0.25) is 0 Å². The van der Waals surface area contributed by atoms with Gasteiger partial charge in [-0.3, -0.25) is 14.4 Å². The van der Waals surface area contributed by atoms with Crippen molar-refractivity contribution in [2.24, 2.45) is 11.5 Å². The summed E-state index contributed by atoms with van der Waals surface area (Å²) in [4.78, 5) is 55.8. The Morgan fingerprint density at radius 1 is 0.702 bits per heavy atom. The molecule has 0 spiro atoms. The number of hydrogen-bond donors (Lipinski definition) is 8. The molecular weight excluding hydrogens is 600 g/mol. The van der Waals surface area contributed by atoms with Gasteiger partial charge in [0.05, 0.1) is 6.04 Å². The van der Waals surface area contributed by atoms with Crippen LogP contribution >= 0.6 is 0 Å². The Kier molecular flexibility index (Phi) is 12.5. The van der Waals surface area contributed by atoms with E-state index >= 15 is 0 Å². The molecule has 0 fully saturated rings. The van der Waals surface area contributed by atoms with Crippen LogP contribution < -0.4 is 27.4 Å². The first-order chi connectivity index (χ1) is 22.6. The number of carbonyl (C=O) groups is 4. The molecular formula is C35H42N6O6. The molecule has 0 aliphatic carbocycles. The Labute approximate surface area is 272 Å². The number of amides is 3. The van der Waals surface area contributed by atoms with Gasteiger partial charge in [-0.2, -0.15) is 0 Å². The van der Waals surface area contributed by atoms with Gasteiger partial charge in [0.1, 0.15) is 23.9 Å². The zero-order chi connectivity index (χ0) is 33.8. The largest absolute Gasteiger partial charge is 0.508 e. The number of nitrogens with two attached hydrogens (primary N) is 2. The molecule has 47 heavy (non-hydrogen) atoms. The zero-order valence-electron chi connectivity index (χ0n) is 26.0. The third-order valence-electron chi connectivity index (χ3n) is 7.94. The van der Waals surface area contributed by atoms with E-state index in [0.29, 0.717) is 24.9 Å². The first-order valence-electron chi connectivity index (χ1n) is 15.6. The van der Waals surface area contributed by atoms with Crippen LogP contribution in [-0.2, 0) is 38.4 Å². The Morgan fingerprint density at radius 2 is 1.30 bits per heavy atom. The minimum atomic E-state index is -1.23. The van der Waals surface area contributed by atoms with Gasteiger partial charge in [0.15, 0.2) is 0 Å². The maximum atomic E-state index is 13.8. The van der Waals surface area contributed by atoms with Crippen molar-refractivity contribution in [3.05, 3.63) is 102 Å². The van der Waals surface area contributed by atoms with E-state index in [4.69, 9.17) is 11.5 Å². The molecule has 3 aromatic carbocycles. The number of para-hydroxylation sites is 1. The molecule has 0 aliphatic heterocycles. The molecule has 1 aromatic heterocycles. The highest BCUT2D eigenvalue weighted by molar-refractivity contribution is 5.94. The van der Waals surface area contributed by atoms with Crippen LogP contribution in [0.3, 0.4) is 0 Å². The number of aromatic amines is 1. The monoisotopic (exact) mass is 642 g/mol. The van der Waals surface area contributed by atoms with Crippen LogP contribution in [0, 0.1) is 0 Å². The van der Waals surface area contributed by atoms with Gasteiger partial charge in [-0.25, -0.2) is 4.79 Å². The highest BCUT2D eigenvalue weighted by Gasteiger charge is 2.30. The van der Waals surface area contributed by atoms with Gasteiger partial charge >= 0.3 is 5.97 Å². The van der Waals surface area contributed by atoms with E-state index in [9.17, 15) is 29.4 Å². The number of carboxylic acids is 1. The van der Waals surface area contributed by atoms with E-state index in [1.807, 2.05) is 30.3 Å². The minimum Gasteiger partial charge on any atom is -0.508 e. The standard InChI is InChI=1S/C35H42N6O6/c36-17-7-6-12-29(33(44)41-31(35(46)47)19-22-8-2-1-3-9-22)39-34(45)30(18-23-13-15-25(42)16-14-23)40-32(43)27(37)20-24-21-38-28-11-5-4-10-26(24)28/h1-5,8-11,13-16,21,27,29-31,38,42H,6-7,12,17-20,36-37H2,(H,39,45)(H,40,43)(H,41,44)(H,46,47). The van der Waals surface area contributed by atoms with Crippen LogP contribution in [-0.4, -0.2) is 69.6 Å². The quantitative estimate of drug-likeness (QED) is 0.0795. The summed E-state index contributed by atoms with van der Waals surface area (Å²) >= 11 is 0. The molecule has 4 unspecified atom stereocenters. The number of benzene rings is 3. The predicted octanol–water partition coefficient (Wildman–Crippen LogP) is 1.90. The van der Waals surface area contributed by atoms with Crippen molar-refractivity contribution < 1.29 is 29.4 Å². The van der Waals surface area contributed by atoms with Gasteiger partial charge < -0.3 is 42.6 Å². The molecule has 4 aromatic rings. The van der Waals surface area contributed by atoms with E-state index < -0.39 is 47.9 Å². The van der Waals surface area contributed by atoms with Gasteiger partial charge in [0.2, 0.25) is 17.7 Å². The number of aromatic nitrogens is 1. The lowest BCUT2D eigenvalue weighted by Crippen LogP contribution is -2.58. The molecule has 10 N–H and O–H groups in total. The van der Waals surface area contributed by atoms with Crippen molar-refractivity contribution in [1.29, 1.82) is 0 Å². The first-order valence-corrected chi connectivity index (χ1v) is 15.6. The second kappa shape index (κ2) is 16.9. The molecule has 248 valence electrons. The van der Waals surface area contributed by atoms with E-state index in [2.05, 4.69) is 20.9 Å². The zero-order valence-corrected chi connectivity index (χ0v) is 26.0. The van der Waals surface area contributed by atoms with E-state index in [1.165, 1.54) is 12.1 Å². The van der Waals surface area contributed by atoms with Gasteiger partial charge in [0, 0.05) is 29.9 Å². The van der Waals surface area contributed by atoms with Crippen molar-refractivity contribution >= 4 is 34.6 Å². The molecule has 0 saturated carbocycles. The molecule has 12 heteroatoms. The summed E-state index contributed by atoms with van der Waals surface area (Å²) in [5.74, 6) is -3.04. The van der Waals surface area contributed by atoms with Crippen molar-refractivity contribution in [2.45, 2.75) is 62.7 Å². The fraction of sp³-hybridized carbons (Fsp3) is 0.314. The van der Waals surface area contributed by atoms with E-state index in [0.717, 1.165) is 22.0 Å². The minimum absolute atomic E-state index is 0.0414. The number of carboxylic acid groups (broad SMARTS) is 1. The van der Waals surface area contributed by atoms with Crippen LogP contribution in [0.5, 0.6) is 5.75 Å². The average molecular weight is 643 g/mol. The maximum Gasteiger partial charge on any atom is 0.326 e. The number of fused-ring (bicyclic) bond motifs is 1. The van der Waals surface area contributed by atoms with Gasteiger partial charge in [-0.15, -0.1) is 0 Å². The van der Waals surface area contributed by atoms with Crippen LogP contribution in [0.15, 0.2) is 85.1 Å². The number of nitrogens with one attached hydrogen (secondary N) is 4. The average Bonchev–Trinajstić information content (AvgIpc) is 3.47. The van der Waals surface area contributed by atoms with Crippen molar-refractivity contribution in [2.75, 3.05) is 6.54 Å². The highest BCUT2D eigenvalue weighted by atomic mass is 16.4. The molecule has 4 atom stereocenters. The molecule has 1 heterocycles. The molecule has 0 radical (unpaired) electrons. The van der Waals surface area contributed by atoms with Crippen molar-refractivity contribution in [1.82, 2.24) is 20.9 Å². The Bertz CT molecular complexity index is 1640. The first kappa shape index (κ1) is 34.7. The third-order valence-corrected chi connectivity index (χ3v) is 7.94. The lowest BCUT2D eigenvalue weighted by molar-refractivity contribution is -0.142. The fourth-order valence-corrected chi connectivity index (χ4v) is 5.34. The number of aromatic hydroxyl groups is 1. The second-order valence-corrected chi connectivity index (χ2v) is 11.5. The maximum absolute atomic E-state index is 13.8. The summed E-state index contributed by atoms with van der Waals surface area (Å²) < 4.78 is 0. The number of aliphatic carboxylic acids is 1. The molecule has 0 bridgehead atoms. The van der Waals surface area contributed by atoms with Crippen LogP contribution in [0.25, 0.3) is 10.9 Å². The Morgan fingerprint density at radius 3 is 2.00 bits per heavy atom. The summed E-state index contributed by atoms with van der Waals surface area (Å²) in [5, 5.41) is 28.6. The molecule has 3 amide bonds. The number of phenols is 1. The summed E-state index contributed by atoms with van der Waals surface area (Å²) in [6.07, 6.45) is 3.39. The fourth-order valence-electron chi connectivity index (χ4n) is 5.34. The Hall–Kier alpha value is -5.20. The van der Waals surface area contributed by atoms with Crippen molar-refractivity contribution in [3.63, 3.8) is 0 Å². The van der Waals surface area contributed by atoms with Crippen LogP contribution in [0.1, 0.15) is 36.0 Å². The van der Waals surface area contributed by atoms with Gasteiger partial charge in [-0.05, 0) is 67.1 Å². The van der Waals surface area contributed by atoms with E-state index in [1.54, 1.807) is 42.6 Å². The van der Waals surface area contributed by atoms with Crippen LogP contribution in [0.4, 0.5) is 0 Å². The molecule has 4 rings (SSSR count). The lowest BCUT2D eigenvalue weighted by Gasteiger charge is -2.25. The number of phenolic OH excluding ortho intramolecular Hbond substituents is 1. The molecule has 0 aliphatic rings. The summed E-state index contributed by atoms with van der Waals surface area (Å²) in [7, 11) is 0. The number of hydrogen-bond acceptors (Lipinski definition) is 7. The topological polar surface area (TPSA) is 213 Å². The normalized spacial score (nSPS) is 13.7. The van der Waals surface area contributed by atoms with Crippen molar-refractivity contribution in [3.8, 4) is 5.75 Å². The van der Waals surface area contributed by atoms with Gasteiger partial charge in [0.25, 0.3) is 0 Å². The molecule has 0 saturated heterocycles. The molecule has 12 nitrogen and oxygen atoms in total. The summed E-state index contributed by atoms with van der Waals surface area (Å²) in [5.41, 5.74) is 15.1. The summed E-state index contributed by atoms with van der Waals surface area (Å²) in [6, 6.07) is 18.3. The number of unbranched alkanes of at least 4 members (excludes halogenated alkanes) is 1. The van der Waals surface area contributed by atoms with E-state index in [-0.39, 0.29) is 31.4 Å². The predicted molar refractivity (Wildman–Crippen MR) is 178 cm³/mol. The summed E-state index contributed by atoms with van der Waals surface area (Å²) in [6.45, 7) is 0.377. The SMILES string of the molecule is NCCCCC(NC(=O)C(Cc1ccc(O)cc1)NC(=O)C(N)Cc1c[nH]c2ccccc12)C(=O)NC(Cc1ccccc1)C(=O)O. The third kappa shape index (κ3) is 10.1.